The number of thiazole rings is 1. The van der Waals surface area contributed by atoms with E-state index in [9.17, 15) is 4.79 Å². The first-order chi connectivity index (χ1) is 12.7. The van der Waals surface area contributed by atoms with Crippen LogP contribution in [0.1, 0.15) is 23.7 Å². The van der Waals surface area contributed by atoms with Crippen LogP contribution < -0.4 is 15.8 Å². The molecule has 0 spiro atoms. The number of aryl methyl sites for hydroxylation is 1. The van der Waals surface area contributed by atoms with Crippen LogP contribution in [0.5, 0.6) is 5.75 Å². The third kappa shape index (κ3) is 3.29. The molecule has 2 aromatic rings. The molecule has 2 aliphatic heterocycles. The number of likely N-dealkylation sites (tertiary alicyclic amines) is 1. The van der Waals surface area contributed by atoms with Crippen LogP contribution in [0, 0.1) is 11.8 Å². The quantitative estimate of drug-likeness (QED) is 0.840. The Morgan fingerprint density at radius 1 is 1.38 bits per heavy atom. The molecule has 138 valence electrons. The molecule has 2 saturated heterocycles. The van der Waals surface area contributed by atoms with Gasteiger partial charge in [-0.15, -0.1) is 11.3 Å². The number of nitrogen functional groups attached to an aromatic ring is 1. The standard InChI is InChI=1S/C19H24N4O2S/c1-25-15-5-2-12(3-6-15)18-16-9-21-8-13(16)10-23(18)17(24)7-4-14-11-26-19(20)22-14/h2-3,5-6,11,13,16,18,21H,4,7-10H2,1H3,(H2,20,22)/t13-,16-,18-/m0/s1. The Hall–Kier alpha value is -2.12. The Kier molecular flexibility index (Phi) is 4.82. The molecule has 3 atom stereocenters. The van der Waals surface area contributed by atoms with E-state index in [2.05, 4.69) is 27.3 Å². The zero-order valence-corrected chi connectivity index (χ0v) is 15.7. The van der Waals surface area contributed by atoms with Crippen molar-refractivity contribution in [1.29, 1.82) is 0 Å². The molecule has 0 saturated carbocycles. The predicted molar refractivity (Wildman–Crippen MR) is 102 cm³/mol. The molecule has 2 aliphatic rings. The monoisotopic (exact) mass is 372 g/mol. The fraction of sp³-hybridized carbons (Fsp3) is 0.474. The fourth-order valence-corrected chi connectivity index (χ4v) is 4.82. The van der Waals surface area contributed by atoms with Crippen molar-refractivity contribution in [2.45, 2.75) is 18.9 Å². The first-order valence-corrected chi connectivity index (χ1v) is 9.87. The van der Waals surface area contributed by atoms with Gasteiger partial charge >= 0.3 is 0 Å². The first-order valence-electron chi connectivity index (χ1n) is 8.99. The van der Waals surface area contributed by atoms with Crippen LogP contribution in [0.4, 0.5) is 5.13 Å². The highest BCUT2D eigenvalue weighted by Crippen LogP contribution is 2.43. The van der Waals surface area contributed by atoms with Gasteiger partial charge in [0.25, 0.3) is 0 Å². The van der Waals surface area contributed by atoms with Gasteiger partial charge in [0, 0.05) is 37.4 Å². The Labute approximate surface area is 157 Å². The van der Waals surface area contributed by atoms with E-state index >= 15 is 0 Å². The third-order valence-corrected chi connectivity index (χ3v) is 6.23. The van der Waals surface area contributed by atoms with Crippen molar-refractivity contribution in [3.05, 3.63) is 40.9 Å². The van der Waals surface area contributed by atoms with E-state index in [0.29, 0.717) is 29.8 Å². The molecule has 0 unspecified atom stereocenters. The summed E-state index contributed by atoms with van der Waals surface area (Å²) in [5, 5.41) is 5.98. The summed E-state index contributed by atoms with van der Waals surface area (Å²) < 4.78 is 5.27. The lowest BCUT2D eigenvalue weighted by molar-refractivity contribution is -0.132. The number of carbonyl (C=O) groups excluding carboxylic acids is 1. The molecule has 3 N–H and O–H groups in total. The number of rotatable bonds is 5. The lowest BCUT2D eigenvalue weighted by Crippen LogP contribution is -2.34. The number of ether oxygens (including phenoxy) is 1. The number of nitrogens with one attached hydrogen (secondary N) is 1. The van der Waals surface area contributed by atoms with E-state index in [0.717, 1.165) is 31.1 Å². The first kappa shape index (κ1) is 17.3. The number of hydrogen-bond acceptors (Lipinski definition) is 6. The Balaban J connectivity index is 1.51. The zero-order chi connectivity index (χ0) is 18.1. The Bertz CT molecular complexity index is 776. The van der Waals surface area contributed by atoms with Gasteiger partial charge in [0.2, 0.25) is 5.91 Å². The summed E-state index contributed by atoms with van der Waals surface area (Å²) in [4.78, 5) is 19.3. The molecule has 0 radical (unpaired) electrons. The van der Waals surface area contributed by atoms with Crippen LogP contribution >= 0.6 is 11.3 Å². The summed E-state index contributed by atoms with van der Waals surface area (Å²) in [7, 11) is 1.67. The highest BCUT2D eigenvalue weighted by atomic mass is 32.1. The minimum absolute atomic E-state index is 0.133. The van der Waals surface area contributed by atoms with Crippen molar-refractivity contribution in [3.63, 3.8) is 0 Å². The summed E-state index contributed by atoms with van der Waals surface area (Å²) in [5.74, 6) is 2.04. The number of nitrogens with two attached hydrogens (primary N) is 1. The van der Waals surface area contributed by atoms with E-state index < -0.39 is 0 Å². The lowest BCUT2D eigenvalue weighted by Gasteiger charge is -2.28. The minimum atomic E-state index is 0.133. The van der Waals surface area contributed by atoms with Gasteiger partial charge < -0.3 is 20.7 Å². The van der Waals surface area contributed by atoms with Gasteiger partial charge in [0.1, 0.15) is 5.75 Å². The van der Waals surface area contributed by atoms with Crippen molar-refractivity contribution in [1.82, 2.24) is 15.2 Å². The molecule has 7 heteroatoms. The highest BCUT2D eigenvalue weighted by molar-refractivity contribution is 7.13. The fourth-order valence-electron chi connectivity index (χ4n) is 4.22. The minimum Gasteiger partial charge on any atom is -0.497 e. The van der Waals surface area contributed by atoms with Crippen LogP contribution in [-0.4, -0.2) is 42.5 Å². The molecule has 1 aromatic heterocycles. The molecule has 4 rings (SSSR count). The maximum atomic E-state index is 13.0. The maximum absolute atomic E-state index is 13.0. The largest absolute Gasteiger partial charge is 0.497 e. The van der Waals surface area contributed by atoms with Crippen LogP contribution in [-0.2, 0) is 11.2 Å². The van der Waals surface area contributed by atoms with E-state index in [1.165, 1.54) is 16.9 Å². The number of fused-ring (bicyclic) bond motifs is 1. The lowest BCUT2D eigenvalue weighted by atomic mass is 9.89. The number of nitrogens with zero attached hydrogens (tertiary/aromatic N) is 2. The molecular formula is C19H24N4O2S. The summed E-state index contributed by atoms with van der Waals surface area (Å²) in [6, 6.07) is 8.27. The number of aromatic nitrogens is 1. The van der Waals surface area contributed by atoms with Crippen molar-refractivity contribution in [3.8, 4) is 5.75 Å². The molecule has 0 aliphatic carbocycles. The maximum Gasteiger partial charge on any atom is 0.223 e. The summed E-state index contributed by atoms with van der Waals surface area (Å²) in [6.07, 6.45) is 1.12. The molecular weight excluding hydrogens is 348 g/mol. The second-order valence-corrected chi connectivity index (χ2v) is 7.91. The molecule has 26 heavy (non-hydrogen) atoms. The van der Waals surface area contributed by atoms with E-state index in [1.807, 2.05) is 17.5 Å². The summed E-state index contributed by atoms with van der Waals surface area (Å²) in [5.41, 5.74) is 7.78. The zero-order valence-electron chi connectivity index (χ0n) is 14.9. The number of methoxy groups -OCH3 is 1. The Morgan fingerprint density at radius 3 is 2.88 bits per heavy atom. The van der Waals surface area contributed by atoms with Crippen LogP contribution in [0.2, 0.25) is 0 Å². The Morgan fingerprint density at radius 2 is 2.19 bits per heavy atom. The van der Waals surface area contributed by atoms with Gasteiger partial charge in [-0.25, -0.2) is 4.98 Å². The number of amides is 1. The van der Waals surface area contributed by atoms with Gasteiger partial charge in [0.15, 0.2) is 5.13 Å². The average Bonchev–Trinajstić information content (AvgIpc) is 3.35. The van der Waals surface area contributed by atoms with Crippen molar-refractivity contribution >= 4 is 22.4 Å². The smallest absolute Gasteiger partial charge is 0.223 e. The topological polar surface area (TPSA) is 80.5 Å². The SMILES string of the molecule is COc1ccc([C@H]2[C@H]3CNC[C@H]3CN2C(=O)CCc2csc(N)n2)cc1. The van der Waals surface area contributed by atoms with Gasteiger partial charge in [-0.05, 0) is 30.0 Å². The third-order valence-electron chi connectivity index (χ3n) is 5.51. The highest BCUT2D eigenvalue weighted by Gasteiger charge is 2.46. The molecule has 0 bridgehead atoms. The van der Waals surface area contributed by atoms with Gasteiger partial charge in [-0.1, -0.05) is 12.1 Å². The average molecular weight is 372 g/mol. The van der Waals surface area contributed by atoms with E-state index in [1.54, 1.807) is 7.11 Å². The van der Waals surface area contributed by atoms with E-state index in [-0.39, 0.29) is 11.9 Å². The number of carbonyl (C=O) groups is 1. The van der Waals surface area contributed by atoms with Crippen LogP contribution in [0.15, 0.2) is 29.6 Å². The van der Waals surface area contributed by atoms with Gasteiger partial charge in [-0.3, -0.25) is 4.79 Å². The van der Waals surface area contributed by atoms with Crippen LogP contribution in [0.3, 0.4) is 0 Å². The van der Waals surface area contributed by atoms with Gasteiger partial charge in [0.05, 0.1) is 18.8 Å². The van der Waals surface area contributed by atoms with Crippen molar-refractivity contribution in [2.75, 3.05) is 32.5 Å². The second kappa shape index (κ2) is 7.25. The number of benzene rings is 1. The molecule has 1 amide bonds. The molecule has 2 fully saturated rings. The van der Waals surface area contributed by atoms with Crippen molar-refractivity contribution < 1.29 is 9.53 Å². The van der Waals surface area contributed by atoms with Gasteiger partial charge in [-0.2, -0.15) is 0 Å². The van der Waals surface area contributed by atoms with Crippen molar-refractivity contribution in [2.24, 2.45) is 11.8 Å². The molecule has 3 heterocycles. The summed E-state index contributed by atoms with van der Waals surface area (Å²) >= 11 is 1.42. The van der Waals surface area contributed by atoms with Crippen LogP contribution in [0.25, 0.3) is 0 Å². The summed E-state index contributed by atoms with van der Waals surface area (Å²) in [6.45, 7) is 2.78. The van der Waals surface area contributed by atoms with E-state index in [4.69, 9.17) is 10.5 Å². The molecule has 1 aromatic carbocycles. The predicted octanol–water partition coefficient (Wildman–Crippen LogP) is 2.09. The molecule has 6 nitrogen and oxygen atoms in total. The number of hydrogen-bond donors (Lipinski definition) is 2. The second-order valence-electron chi connectivity index (χ2n) is 7.02. The normalized spacial score (nSPS) is 24.7. The number of anilines is 1.